The van der Waals surface area contributed by atoms with Crippen LogP contribution in [0, 0.1) is 11.3 Å². The largest absolute Gasteiger partial charge is 0.444 e. The van der Waals surface area contributed by atoms with E-state index in [0.717, 1.165) is 43.4 Å². The quantitative estimate of drug-likeness (QED) is 0.509. The number of nitrogens with zero attached hydrogens (tertiary/aromatic N) is 4. The molecule has 2 saturated heterocycles. The smallest absolute Gasteiger partial charge is 0.410 e. The Morgan fingerprint density at radius 1 is 0.949 bits per heavy atom. The number of hydrogen-bond acceptors (Lipinski definition) is 5. The van der Waals surface area contributed by atoms with Crippen LogP contribution in [0.15, 0.2) is 48.5 Å². The lowest BCUT2D eigenvalue weighted by Crippen LogP contribution is -2.48. The summed E-state index contributed by atoms with van der Waals surface area (Å²) in [6, 6.07) is 18.2. The number of piperazine rings is 1. The Labute approximate surface area is 230 Å². The van der Waals surface area contributed by atoms with Crippen LogP contribution < -0.4 is 0 Å². The number of aromatic nitrogens is 1. The molecule has 2 aliphatic rings. The average Bonchev–Trinajstić information content (AvgIpc) is 3.36. The lowest BCUT2D eigenvalue weighted by molar-refractivity contribution is 0.0204. The fourth-order valence-corrected chi connectivity index (χ4v) is 5.46. The molecule has 0 aliphatic carbocycles. The highest BCUT2D eigenvalue weighted by atomic mass is 16.6. The molecule has 2 aromatic carbocycles. The van der Waals surface area contributed by atoms with Crippen molar-refractivity contribution in [1.82, 2.24) is 19.7 Å². The molecule has 8 nitrogen and oxygen atoms in total. The SMILES string of the molecule is CC(C)(C)OC(=O)N1CCC(c2ccc3cc(C(=O)N4CCN(Cc5ccc(C#N)cc5)CC4)[nH]c3c2)CC1. The number of benzene rings is 2. The molecule has 1 aromatic heterocycles. The van der Waals surface area contributed by atoms with Gasteiger partial charge in [-0.1, -0.05) is 24.3 Å². The molecule has 1 N–H and O–H groups in total. The normalized spacial score (nSPS) is 17.3. The minimum atomic E-state index is -0.485. The van der Waals surface area contributed by atoms with E-state index in [0.29, 0.717) is 43.4 Å². The summed E-state index contributed by atoms with van der Waals surface area (Å²) in [5.41, 5.74) is 4.21. The molecular formula is C31H37N5O3. The van der Waals surface area contributed by atoms with Gasteiger partial charge in [-0.25, -0.2) is 4.79 Å². The standard InChI is InChI=1S/C31H37N5O3/c1-31(2,3)39-30(38)36-12-10-24(11-13-36)25-8-9-26-19-28(33-27(26)18-25)29(37)35-16-14-34(15-17-35)21-23-6-4-22(20-32)5-7-23/h4-9,18-19,24,33H,10-17,21H2,1-3H3. The highest BCUT2D eigenvalue weighted by Crippen LogP contribution is 2.31. The molecule has 0 saturated carbocycles. The molecule has 2 aliphatic heterocycles. The third kappa shape index (κ3) is 6.43. The second kappa shape index (κ2) is 11.1. The number of fused-ring (bicyclic) bond motifs is 1. The van der Waals surface area contributed by atoms with Crippen LogP contribution in [-0.2, 0) is 11.3 Å². The third-order valence-corrected chi connectivity index (χ3v) is 7.64. The molecule has 0 unspecified atom stereocenters. The Bertz CT molecular complexity index is 1370. The zero-order chi connectivity index (χ0) is 27.6. The van der Waals surface area contributed by atoms with Gasteiger partial charge in [0, 0.05) is 56.7 Å². The Kier molecular flexibility index (Phi) is 7.62. The predicted octanol–water partition coefficient (Wildman–Crippen LogP) is 5.11. The number of H-pyrrole nitrogens is 1. The lowest BCUT2D eigenvalue weighted by atomic mass is 9.89. The molecule has 5 rings (SSSR count). The fourth-order valence-electron chi connectivity index (χ4n) is 5.46. The van der Waals surface area contributed by atoms with Gasteiger partial charge in [0.05, 0.1) is 11.6 Å². The van der Waals surface area contributed by atoms with Crippen molar-refractivity contribution in [3.63, 3.8) is 0 Å². The summed E-state index contributed by atoms with van der Waals surface area (Å²) in [5, 5.41) is 10.0. The molecule has 0 spiro atoms. The van der Waals surface area contributed by atoms with Gasteiger partial charge in [-0.05, 0) is 74.9 Å². The van der Waals surface area contributed by atoms with Gasteiger partial charge < -0.3 is 19.5 Å². The van der Waals surface area contributed by atoms with E-state index in [-0.39, 0.29) is 12.0 Å². The van der Waals surface area contributed by atoms with Crippen molar-refractivity contribution >= 4 is 22.9 Å². The number of carbonyl (C=O) groups excluding carboxylic acids is 2. The first-order valence-electron chi connectivity index (χ1n) is 13.8. The Balaban J connectivity index is 1.16. The summed E-state index contributed by atoms with van der Waals surface area (Å²) in [6.45, 7) is 10.9. The summed E-state index contributed by atoms with van der Waals surface area (Å²) >= 11 is 0. The van der Waals surface area contributed by atoms with Crippen LogP contribution in [0.4, 0.5) is 4.79 Å². The van der Waals surface area contributed by atoms with Gasteiger partial charge in [-0.15, -0.1) is 0 Å². The first-order chi connectivity index (χ1) is 18.7. The van der Waals surface area contributed by atoms with E-state index in [2.05, 4.69) is 34.2 Å². The van der Waals surface area contributed by atoms with Gasteiger partial charge in [0.15, 0.2) is 0 Å². The number of rotatable bonds is 4. The molecule has 3 aromatic rings. The number of likely N-dealkylation sites (tertiary alicyclic amines) is 1. The molecule has 0 radical (unpaired) electrons. The molecule has 3 heterocycles. The van der Waals surface area contributed by atoms with Crippen LogP contribution in [0.5, 0.6) is 0 Å². The molecule has 8 heteroatoms. The minimum absolute atomic E-state index is 0.0384. The van der Waals surface area contributed by atoms with Crippen LogP contribution in [0.3, 0.4) is 0 Å². The maximum absolute atomic E-state index is 13.3. The lowest BCUT2D eigenvalue weighted by Gasteiger charge is -2.34. The monoisotopic (exact) mass is 527 g/mol. The van der Waals surface area contributed by atoms with Crippen molar-refractivity contribution in [2.24, 2.45) is 0 Å². The van der Waals surface area contributed by atoms with Crippen molar-refractivity contribution in [1.29, 1.82) is 5.26 Å². The summed E-state index contributed by atoms with van der Waals surface area (Å²) < 4.78 is 5.52. The predicted molar refractivity (Wildman–Crippen MR) is 150 cm³/mol. The van der Waals surface area contributed by atoms with Crippen LogP contribution in [-0.4, -0.2) is 76.6 Å². The van der Waals surface area contributed by atoms with Gasteiger partial charge in [0.2, 0.25) is 0 Å². The summed E-state index contributed by atoms with van der Waals surface area (Å²) in [7, 11) is 0. The third-order valence-electron chi connectivity index (χ3n) is 7.64. The van der Waals surface area contributed by atoms with Crippen molar-refractivity contribution in [3.8, 4) is 6.07 Å². The number of carbonyl (C=O) groups is 2. The average molecular weight is 528 g/mol. The number of nitriles is 1. The van der Waals surface area contributed by atoms with Crippen molar-refractivity contribution in [2.75, 3.05) is 39.3 Å². The second-order valence-electron chi connectivity index (χ2n) is 11.6. The van der Waals surface area contributed by atoms with Crippen LogP contribution in [0.1, 0.15) is 66.7 Å². The first-order valence-corrected chi connectivity index (χ1v) is 13.8. The zero-order valence-corrected chi connectivity index (χ0v) is 23.1. The van der Waals surface area contributed by atoms with Gasteiger partial charge in [-0.2, -0.15) is 5.26 Å². The molecule has 2 amide bonds. The van der Waals surface area contributed by atoms with Crippen molar-refractivity contribution in [2.45, 2.75) is 51.7 Å². The number of piperidine rings is 1. The molecule has 2 fully saturated rings. The maximum atomic E-state index is 13.3. The highest BCUT2D eigenvalue weighted by Gasteiger charge is 2.28. The molecule has 0 bridgehead atoms. The van der Waals surface area contributed by atoms with Crippen LogP contribution >= 0.6 is 0 Å². The van der Waals surface area contributed by atoms with E-state index in [1.165, 1.54) is 11.1 Å². The molecule has 39 heavy (non-hydrogen) atoms. The molecule has 204 valence electrons. The topological polar surface area (TPSA) is 92.7 Å². The van der Waals surface area contributed by atoms with E-state index in [9.17, 15) is 9.59 Å². The fraction of sp³-hybridized carbons (Fsp3) is 0.452. The van der Waals surface area contributed by atoms with Crippen LogP contribution in [0.2, 0.25) is 0 Å². The first kappa shape index (κ1) is 26.8. The van der Waals surface area contributed by atoms with E-state index in [1.807, 2.05) is 56.0 Å². The Hall–Kier alpha value is -3.83. The summed E-state index contributed by atoms with van der Waals surface area (Å²) in [4.78, 5) is 35.1. The van der Waals surface area contributed by atoms with Crippen molar-refractivity contribution in [3.05, 3.63) is 70.9 Å². The zero-order valence-electron chi connectivity index (χ0n) is 23.1. The van der Waals surface area contributed by atoms with Gasteiger partial charge in [0.1, 0.15) is 11.3 Å². The van der Waals surface area contributed by atoms with E-state index < -0.39 is 5.60 Å². The van der Waals surface area contributed by atoms with Gasteiger partial charge >= 0.3 is 6.09 Å². The van der Waals surface area contributed by atoms with E-state index in [1.54, 1.807) is 4.90 Å². The van der Waals surface area contributed by atoms with Crippen LogP contribution in [0.25, 0.3) is 10.9 Å². The number of hydrogen-bond donors (Lipinski definition) is 1. The maximum Gasteiger partial charge on any atom is 0.410 e. The van der Waals surface area contributed by atoms with Crippen molar-refractivity contribution < 1.29 is 14.3 Å². The Morgan fingerprint density at radius 3 is 2.28 bits per heavy atom. The summed E-state index contributed by atoms with van der Waals surface area (Å²) in [6.07, 6.45) is 1.55. The molecule has 0 atom stereocenters. The number of amides is 2. The second-order valence-corrected chi connectivity index (χ2v) is 11.6. The van der Waals surface area contributed by atoms with Gasteiger partial charge in [0.25, 0.3) is 5.91 Å². The number of nitrogens with one attached hydrogen (secondary N) is 1. The summed E-state index contributed by atoms with van der Waals surface area (Å²) in [5.74, 6) is 0.413. The van der Waals surface area contributed by atoms with E-state index >= 15 is 0 Å². The van der Waals surface area contributed by atoms with E-state index in [4.69, 9.17) is 10.00 Å². The Morgan fingerprint density at radius 2 is 1.64 bits per heavy atom. The number of aromatic amines is 1. The highest BCUT2D eigenvalue weighted by molar-refractivity contribution is 5.98. The van der Waals surface area contributed by atoms with Gasteiger partial charge in [-0.3, -0.25) is 9.69 Å². The number of ether oxygens (including phenoxy) is 1. The molecular weight excluding hydrogens is 490 g/mol. The minimum Gasteiger partial charge on any atom is -0.444 e.